The van der Waals surface area contributed by atoms with Crippen LogP contribution in [0, 0.1) is 12.8 Å². The molecule has 0 aliphatic carbocycles. The van der Waals surface area contributed by atoms with Gasteiger partial charge in [-0.15, -0.1) is 11.3 Å². The molecule has 5 rings (SSSR count). The number of hydrogen-bond donors (Lipinski definition) is 1. The van der Waals surface area contributed by atoms with E-state index in [9.17, 15) is 9.59 Å². The van der Waals surface area contributed by atoms with E-state index in [4.69, 9.17) is 0 Å². The van der Waals surface area contributed by atoms with Crippen LogP contribution in [0.3, 0.4) is 0 Å². The van der Waals surface area contributed by atoms with Gasteiger partial charge in [-0.1, -0.05) is 43.3 Å². The van der Waals surface area contributed by atoms with E-state index in [-0.39, 0.29) is 17.9 Å². The minimum Gasteiger partial charge on any atom is -0.323 e. The fourth-order valence-electron chi connectivity index (χ4n) is 5.61. The van der Waals surface area contributed by atoms with Crippen molar-refractivity contribution in [3.8, 4) is 0 Å². The molecule has 2 aliphatic heterocycles. The van der Waals surface area contributed by atoms with Crippen LogP contribution in [0.15, 0.2) is 48.0 Å². The van der Waals surface area contributed by atoms with Crippen molar-refractivity contribution in [1.29, 1.82) is 0 Å². The van der Waals surface area contributed by atoms with Gasteiger partial charge in [-0.3, -0.25) is 14.6 Å². The number of carbonyl (C=O) groups excluding carboxylic acids is 2. The van der Waals surface area contributed by atoms with Crippen molar-refractivity contribution >= 4 is 34.0 Å². The monoisotopic (exact) mass is 476 g/mol. The highest BCUT2D eigenvalue weighted by Gasteiger charge is 2.54. The van der Waals surface area contributed by atoms with Gasteiger partial charge in [0.05, 0.1) is 11.2 Å². The Morgan fingerprint density at radius 3 is 2.59 bits per heavy atom. The van der Waals surface area contributed by atoms with Gasteiger partial charge in [0.25, 0.3) is 5.91 Å². The lowest BCUT2D eigenvalue weighted by Gasteiger charge is -2.40. The number of fused-ring (bicyclic) bond motifs is 1. The van der Waals surface area contributed by atoms with E-state index in [0.29, 0.717) is 19.4 Å². The molecule has 0 saturated carbocycles. The molecule has 0 radical (unpaired) electrons. The Labute approximate surface area is 205 Å². The van der Waals surface area contributed by atoms with E-state index in [1.54, 1.807) is 11.3 Å². The predicted molar refractivity (Wildman–Crippen MR) is 136 cm³/mol. The number of urea groups is 1. The van der Waals surface area contributed by atoms with E-state index in [0.717, 1.165) is 43.0 Å². The molecule has 6 nitrogen and oxygen atoms in total. The lowest BCUT2D eigenvalue weighted by molar-refractivity contribution is -0.134. The Balaban J connectivity index is 1.22. The van der Waals surface area contributed by atoms with Crippen molar-refractivity contribution in [2.24, 2.45) is 5.92 Å². The molecule has 1 unspecified atom stereocenters. The van der Waals surface area contributed by atoms with Gasteiger partial charge in [0.2, 0.25) is 0 Å². The van der Waals surface area contributed by atoms with Gasteiger partial charge in [-0.05, 0) is 67.6 Å². The topological polar surface area (TPSA) is 65.5 Å². The first-order valence-corrected chi connectivity index (χ1v) is 13.1. The quantitative estimate of drug-likeness (QED) is 0.500. The zero-order valence-electron chi connectivity index (χ0n) is 19.9. The molecular formula is C27H32N4O2S. The molecule has 2 aliphatic rings. The normalized spacial score (nSPS) is 22.0. The van der Waals surface area contributed by atoms with Gasteiger partial charge < -0.3 is 5.32 Å². The van der Waals surface area contributed by atoms with Gasteiger partial charge in [0.1, 0.15) is 5.54 Å². The third-order valence-corrected chi connectivity index (χ3v) is 8.67. The average Bonchev–Trinajstić information content (AvgIpc) is 3.38. The summed E-state index contributed by atoms with van der Waals surface area (Å²) in [6, 6.07) is 14.9. The number of thiazole rings is 1. The number of carbonyl (C=O) groups is 2. The second kappa shape index (κ2) is 9.47. The molecule has 178 valence electrons. The summed E-state index contributed by atoms with van der Waals surface area (Å²) < 4.78 is 0. The molecule has 3 aromatic rings. The summed E-state index contributed by atoms with van der Waals surface area (Å²) in [7, 11) is 0. The summed E-state index contributed by atoms with van der Waals surface area (Å²) in [5.74, 6) is 0.118. The van der Waals surface area contributed by atoms with E-state index in [2.05, 4.69) is 57.7 Å². The van der Waals surface area contributed by atoms with Gasteiger partial charge in [-0.2, -0.15) is 0 Å². The van der Waals surface area contributed by atoms with Gasteiger partial charge in [-0.25, -0.2) is 9.78 Å². The molecule has 1 aromatic heterocycles. The number of aromatic nitrogens is 1. The molecule has 2 fully saturated rings. The highest BCUT2D eigenvalue weighted by atomic mass is 32.1. The van der Waals surface area contributed by atoms with Crippen LogP contribution in [0.5, 0.6) is 0 Å². The maximum atomic E-state index is 13.5. The molecular weight excluding hydrogens is 444 g/mol. The standard InChI is InChI=1S/C27H32N4O2S/c1-3-27(25(32)31(26(33)29-27)15-12-24-19(2)28-18-34-24)23-10-13-30(14-11-23)17-20-8-9-21-6-4-5-7-22(21)16-20/h4-9,16,18,23H,3,10-15,17H2,1-2H3,(H,29,33). The van der Waals surface area contributed by atoms with Crippen LogP contribution < -0.4 is 5.32 Å². The summed E-state index contributed by atoms with van der Waals surface area (Å²) in [6.07, 6.45) is 3.12. The third-order valence-electron chi connectivity index (χ3n) is 7.67. The first kappa shape index (κ1) is 23.0. The van der Waals surface area contributed by atoms with Gasteiger partial charge in [0.15, 0.2) is 0 Å². The fourth-order valence-corrected chi connectivity index (χ4v) is 6.38. The van der Waals surface area contributed by atoms with Crippen molar-refractivity contribution in [3.63, 3.8) is 0 Å². The summed E-state index contributed by atoms with van der Waals surface area (Å²) in [5.41, 5.74) is 3.35. The SMILES string of the molecule is CCC1(C2CCN(Cc3ccc4ccccc4c3)CC2)NC(=O)N(CCc2scnc2C)C1=O. The zero-order chi connectivity index (χ0) is 23.7. The number of nitrogens with one attached hydrogen (secondary N) is 1. The maximum Gasteiger partial charge on any atom is 0.325 e. The van der Waals surface area contributed by atoms with E-state index in [1.165, 1.54) is 21.2 Å². The van der Waals surface area contributed by atoms with Crippen molar-refractivity contribution in [2.75, 3.05) is 19.6 Å². The van der Waals surface area contributed by atoms with Gasteiger partial charge >= 0.3 is 6.03 Å². The molecule has 0 bridgehead atoms. The lowest BCUT2D eigenvalue weighted by atomic mass is 9.75. The smallest absolute Gasteiger partial charge is 0.323 e. The minimum absolute atomic E-state index is 0.0462. The van der Waals surface area contributed by atoms with Crippen LogP contribution in [0.25, 0.3) is 10.8 Å². The van der Waals surface area contributed by atoms with E-state index in [1.807, 2.05) is 19.4 Å². The van der Waals surface area contributed by atoms with E-state index >= 15 is 0 Å². The minimum atomic E-state index is -0.769. The molecule has 3 heterocycles. The van der Waals surface area contributed by atoms with Crippen LogP contribution in [-0.2, 0) is 17.8 Å². The average molecular weight is 477 g/mol. The summed E-state index contributed by atoms with van der Waals surface area (Å²) in [5, 5.41) is 5.66. The highest BCUT2D eigenvalue weighted by Crippen LogP contribution is 2.36. The van der Waals surface area contributed by atoms with Crippen LogP contribution in [0.4, 0.5) is 4.79 Å². The fraction of sp³-hybridized carbons (Fsp3) is 0.444. The maximum absolute atomic E-state index is 13.5. The summed E-state index contributed by atoms with van der Waals surface area (Å²) in [4.78, 5) is 35.7. The third kappa shape index (κ3) is 4.23. The predicted octanol–water partition coefficient (Wildman–Crippen LogP) is 4.76. The molecule has 0 spiro atoms. The summed E-state index contributed by atoms with van der Waals surface area (Å²) in [6.45, 7) is 7.19. The zero-order valence-corrected chi connectivity index (χ0v) is 20.7. The lowest BCUT2D eigenvalue weighted by Crippen LogP contribution is -2.55. The summed E-state index contributed by atoms with van der Waals surface area (Å²) >= 11 is 1.58. The van der Waals surface area contributed by atoms with Gasteiger partial charge in [0, 0.05) is 24.4 Å². The molecule has 34 heavy (non-hydrogen) atoms. The Morgan fingerprint density at radius 1 is 1.12 bits per heavy atom. The number of nitrogens with zero attached hydrogens (tertiary/aromatic N) is 3. The van der Waals surface area contributed by atoms with Crippen molar-refractivity contribution in [3.05, 3.63) is 64.1 Å². The molecule has 1 N–H and O–H groups in total. The molecule has 7 heteroatoms. The van der Waals surface area contributed by atoms with Crippen LogP contribution in [-0.4, -0.2) is 51.9 Å². The number of amides is 3. The molecule has 3 amide bonds. The van der Waals surface area contributed by atoms with Crippen molar-refractivity contribution in [1.82, 2.24) is 20.1 Å². The first-order valence-electron chi connectivity index (χ1n) is 12.2. The molecule has 1 atom stereocenters. The Morgan fingerprint density at radius 2 is 1.88 bits per heavy atom. The Hall–Kier alpha value is -2.77. The second-order valence-corrected chi connectivity index (χ2v) is 10.5. The van der Waals surface area contributed by atoms with Crippen molar-refractivity contribution < 1.29 is 9.59 Å². The second-order valence-electron chi connectivity index (χ2n) is 9.55. The van der Waals surface area contributed by atoms with Crippen LogP contribution in [0.1, 0.15) is 42.3 Å². The highest BCUT2D eigenvalue weighted by molar-refractivity contribution is 7.09. The first-order chi connectivity index (χ1) is 16.5. The number of piperidine rings is 1. The number of hydrogen-bond acceptors (Lipinski definition) is 5. The Bertz CT molecular complexity index is 1200. The number of likely N-dealkylation sites (tertiary alicyclic amines) is 1. The number of benzene rings is 2. The van der Waals surface area contributed by atoms with Crippen LogP contribution >= 0.6 is 11.3 Å². The number of imide groups is 1. The van der Waals surface area contributed by atoms with Crippen LogP contribution in [0.2, 0.25) is 0 Å². The van der Waals surface area contributed by atoms with Crippen molar-refractivity contribution in [2.45, 2.75) is 51.6 Å². The Kier molecular flexibility index (Phi) is 6.40. The number of rotatable bonds is 7. The largest absolute Gasteiger partial charge is 0.325 e. The number of aryl methyl sites for hydroxylation is 1. The van der Waals surface area contributed by atoms with E-state index < -0.39 is 5.54 Å². The molecule has 2 aromatic carbocycles. The molecule has 2 saturated heterocycles.